The molecule has 0 aromatic heterocycles. The number of aryl methyl sites for hydroxylation is 1. The second-order valence-electron chi connectivity index (χ2n) is 4.31. The van der Waals surface area contributed by atoms with Crippen LogP contribution in [0.5, 0.6) is 0 Å². The van der Waals surface area contributed by atoms with Crippen LogP contribution >= 0.6 is 0 Å². The van der Waals surface area contributed by atoms with Gasteiger partial charge in [0.1, 0.15) is 0 Å². The highest BCUT2D eigenvalue weighted by Crippen LogP contribution is 2.15. The molecular formula is C14H21N3O2. The molecule has 104 valence electrons. The van der Waals surface area contributed by atoms with Gasteiger partial charge >= 0.3 is 0 Å². The average molecular weight is 263 g/mol. The Kier molecular flexibility index (Phi) is 5.85. The molecule has 0 saturated carbocycles. The van der Waals surface area contributed by atoms with Crippen LogP contribution in [0.1, 0.15) is 29.3 Å². The standard InChI is InChI=1S/C14H21N3O2/c1-4-7-16-11-5-6-12(10(2)8-11)14(19)17-9-13(18)15-3/h5-6,8,16H,4,7,9H2,1-3H3,(H,15,18)(H,17,19). The molecular weight excluding hydrogens is 242 g/mol. The van der Waals surface area contributed by atoms with Crippen LogP contribution in [0.25, 0.3) is 0 Å². The Hall–Kier alpha value is -2.04. The molecule has 1 aromatic rings. The predicted molar refractivity (Wildman–Crippen MR) is 76.4 cm³/mol. The summed E-state index contributed by atoms with van der Waals surface area (Å²) in [6.45, 7) is 4.87. The van der Waals surface area contributed by atoms with E-state index in [-0.39, 0.29) is 18.4 Å². The van der Waals surface area contributed by atoms with E-state index in [1.807, 2.05) is 19.1 Å². The lowest BCUT2D eigenvalue weighted by atomic mass is 10.1. The van der Waals surface area contributed by atoms with Crippen molar-refractivity contribution >= 4 is 17.5 Å². The zero-order valence-corrected chi connectivity index (χ0v) is 11.7. The van der Waals surface area contributed by atoms with E-state index < -0.39 is 0 Å². The molecule has 0 aliphatic rings. The molecule has 0 fully saturated rings. The quantitative estimate of drug-likeness (QED) is 0.724. The van der Waals surface area contributed by atoms with Gasteiger partial charge in [-0.1, -0.05) is 6.92 Å². The van der Waals surface area contributed by atoms with Crippen molar-refractivity contribution in [3.8, 4) is 0 Å². The Bertz CT molecular complexity index is 458. The van der Waals surface area contributed by atoms with Crippen molar-refractivity contribution in [2.75, 3.05) is 25.5 Å². The van der Waals surface area contributed by atoms with Crippen molar-refractivity contribution < 1.29 is 9.59 Å². The van der Waals surface area contributed by atoms with Crippen molar-refractivity contribution in [3.05, 3.63) is 29.3 Å². The minimum absolute atomic E-state index is 0.00932. The molecule has 0 unspecified atom stereocenters. The number of nitrogens with one attached hydrogen (secondary N) is 3. The average Bonchev–Trinajstić information content (AvgIpc) is 2.42. The maximum Gasteiger partial charge on any atom is 0.251 e. The zero-order valence-electron chi connectivity index (χ0n) is 11.7. The molecule has 2 amide bonds. The monoisotopic (exact) mass is 263 g/mol. The third-order valence-electron chi connectivity index (χ3n) is 2.74. The molecule has 0 aliphatic heterocycles. The molecule has 5 nitrogen and oxygen atoms in total. The SMILES string of the molecule is CCCNc1ccc(C(=O)NCC(=O)NC)c(C)c1. The van der Waals surface area contributed by atoms with Gasteiger partial charge in [0.05, 0.1) is 6.54 Å². The highest BCUT2D eigenvalue weighted by Gasteiger charge is 2.10. The molecule has 0 spiro atoms. The maximum absolute atomic E-state index is 11.9. The number of rotatable bonds is 6. The molecule has 1 rings (SSSR count). The summed E-state index contributed by atoms with van der Waals surface area (Å²) in [6, 6.07) is 5.58. The Morgan fingerprint density at radius 1 is 1.26 bits per heavy atom. The van der Waals surface area contributed by atoms with Crippen LogP contribution in [-0.4, -0.2) is 32.0 Å². The van der Waals surface area contributed by atoms with Crippen LogP contribution in [0.4, 0.5) is 5.69 Å². The first-order chi connectivity index (χ1) is 9.08. The number of benzene rings is 1. The lowest BCUT2D eigenvalue weighted by Crippen LogP contribution is -2.35. The van der Waals surface area contributed by atoms with Gasteiger partial charge in [0.2, 0.25) is 5.91 Å². The van der Waals surface area contributed by atoms with E-state index in [9.17, 15) is 9.59 Å². The molecule has 0 bridgehead atoms. The van der Waals surface area contributed by atoms with Gasteiger partial charge in [0.25, 0.3) is 5.91 Å². The molecule has 5 heteroatoms. The van der Waals surface area contributed by atoms with E-state index in [0.29, 0.717) is 5.56 Å². The third kappa shape index (κ3) is 4.62. The number of hydrogen-bond donors (Lipinski definition) is 3. The smallest absolute Gasteiger partial charge is 0.251 e. The number of amides is 2. The first-order valence-corrected chi connectivity index (χ1v) is 6.41. The second kappa shape index (κ2) is 7.41. The topological polar surface area (TPSA) is 70.2 Å². The number of likely N-dealkylation sites (N-methyl/N-ethyl adjacent to an activating group) is 1. The van der Waals surface area contributed by atoms with Crippen molar-refractivity contribution in [2.45, 2.75) is 20.3 Å². The van der Waals surface area contributed by atoms with E-state index >= 15 is 0 Å². The fraction of sp³-hybridized carbons (Fsp3) is 0.429. The molecule has 0 heterocycles. The number of hydrogen-bond acceptors (Lipinski definition) is 3. The summed E-state index contributed by atoms with van der Waals surface area (Å²) >= 11 is 0. The Morgan fingerprint density at radius 2 is 2.00 bits per heavy atom. The van der Waals surface area contributed by atoms with Crippen molar-refractivity contribution in [3.63, 3.8) is 0 Å². The highest BCUT2D eigenvalue weighted by atomic mass is 16.2. The van der Waals surface area contributed by atoms with E-state index in [2.05, 4.69) is 22.9 Å². The van der Waals surface area contributed by atoms with Gasteiger partial charge in [-0.2, -0.15) is 0 Å². The lowest BCUT2D eigenvalue weighted by Gasteiger charge is -2.10. The van der Waals surface area contributed by atoms with Crippen LogP contribution in [-0.2, 0) is 4.79 Å². The molecule has 0 saturated heterocycles. The first kappa shape index (κ1) is 15.0. The predicted octanol–water partition coefficient (Wildman–Crippen LogP) is 1.29. The van der Waals surface area contributed by atoms with Gasteiger partial charge in [-0.05, 0) is 37.1 Å². The van der Waals surface area contributed by atoms with Gasteiger partial charge < -0.3 is 16.0 Å². The van der Waals surface area contributed by atoms with E-state index in [4.69, 9.17) is 0 Å². The molecule has 0 aliphatic carbocycles. The molecule has 0 atom stereocenters. The van der Waals surface area contributed by atoms with Crippen molar-refractivity contribution in [1.82, 2.24) is 10.6 Å². The summed E-state index contributed by atoms with van der Waals surface area (Å²) in [6.07, 6.45) is 1.05. The van der Waals surface area contributed by atoms with Crippen LogP contribution in [0.15, 0.2) is 18.2 Å². The largest absolute Gasteiger partial charge is 0.385 e. The minimum atomic E-state index is -0.233. The molecule has 3 N–H and O–H groups in total. The minimum Gasteiger partial charge on any atom is -0.385 e. The van der Waals surface area contributed by atoms with Crippen LogP contribution in [0, 0.1) is 6.92 Å². The maximum atomic E-state index is 11.9. The second-order valence-corrected chi connectivity index (χ2v) is 4.31. The van der Waals surface area contributed by atoms with E-state index in [0.717, 1.165) is 24.2 Å². The normalized spacial score (nSPS) is 9.84. The third-order valence-corrected chi connectivity index (χ3v) is 2.74. The number of carbonyl (C=O) groups excluding carboxylic acids is 2. The zero-order chi connectivity index (χ0) is 14.3. The molecule has 19 heavy (non-hydrogen) atoms. The number of carbonyl (C=O) groups is 2. The van der Waals surface area contributed by atoms with E-state index in [1.165, 1.54) is 7.05 Å². The summed E-state index contributed by atoms with van der Waals surface area (Å²) in [5.41, 5.74) is 2.48. The lowest BCUT2D eigenvalue weighted by molar-refractivity contribution is -0.119. The molecule has 1 aromatic carbocycles. The van der Waals surface area contributed by atoms with Crippen molar-refractivity contribution in [2.24, 2.45) is 0 Å². The van der Waals surface area contributed by atoms with Gasteiger partial charge in [0.15, 0.2) is 0 Å². The Morgan fingerprint density at radius 3 is 2.58 bits per heavy atom. The summed E-state index contributed by atoms with van der Waals surface area (Å²) in [5, 5.41) is 8.30. The summed E-state index contributed by atoms with van der Waals surface area (Å²) in [7, 11) is 1.54. The summed E-state index contributed by atoms with van der Waals surface area (Å²) in [4.78, 5) is 23.0. The summed E-state index contributed by atoms with van der Waals surface area (Å²) in [5.74, 6) is -0.449. The Balaban J connectivity index is 2.67. The van der Waals surface area contributed by atoms with Crippen LogP contribution in [0.2, 0.25) is 0 Å². The van der Waals surface area contributed by atoms with E-state index in [1.54, 1.807) is 6.07 Å². The first-order valence-electron chi connectivity index (χ1n) is 6.41. The van der Waals surface area contributed by atoms with Gasteiger partial charge in [-0.25, -0.2) is 0 Å². The Labute approximate surface area is 113 Å². The van der Waals surface area contributed by atoms with Gasteiger partial charge in [-0.3, -0.25) is 9.59 Å². The van der Waals surface area contributed by atoms with Crippen LogP contribution in [0.3, 0.4) is 0 Å². The van der Waals surface area contributed by atoms with Gasteiger partial charge in [-0.15, -0.1) is 0 Å². The highest BCUT2D eigenvalue weighted by molar-refractivity contribution is 5.98. The summed E-state index contributed by atoms with van der Waals surface area (Å²) < 4.78 is 0. The fourth-order valence-electron chi connectivity index (χ4n) is 1.64. The van der Waals surface area contributed by atoms with Crippen molar-refractivity contribution in [1.29, 1.82) is 0 Å². The fourth-order valence-corrected chi connectivity index (χ4v) is 1.64. The van der Waals surface area contributed by atoms with Gasteiger partial charge in [0, 0.05) is 24.8 Å². The van der Waals surface area contributed by atoms with Crippen LogP contribution < -0.4 is 16.0 Å². The number of anilines is 1. The molecule has 0 radical (unpaired) electrons.